The number of hydrogen-bond donors (Lipinski definition) is 2. The van der Waals surface area contributed by atoms with Crippen LogP contribution in [-0.4, -0.2) is 25.0 Å². The van der Waals surface area contributed by atoms with E-state index in [1.807, 2.05) is 24.3 Å². The summed E-state index contributed by atoms with van der Waals surface area (Å²) in [5.74, 6) is -0.487. The van der Waals surface area contributed by atoms with Gasteiger partial charge in [0.1, 0.15) is 0 Å². The van der Waals surface area contributed by atoms with Gasteiger partial charge in [0.2, 0.25) is 5.91 Å². The molecule has 0 unspecified atom stereocenters. The highest BCUT2D eigenvalue weighted by molar-refractivity contribution is 14.1. The van der Waals surface area contributed by atoms with E-state index in [2.05, 4.69) is 33.2 Å². The van der Waals surface area contributed by atoms with Gasteiger partial charge in [-0.25, -0.2) is 4.79 Å². The molecule has 0 aliphatic heterocycles. The number of rotatable bonds is 6. The maximum Gasteiger partial charge on any atom is 0.338 e. The average molecular weight is 424 g/mol. The Morgan fingerprint density at radius 1 is 1.09 bits per heavy atom. The van der Waals surface area contributed by atoms with Crippen LogP contribution in [0.4, 0.5) is 11.4 Å². The van der Waals surface area contributed by atoms with E-state index in [0.717, 1.165) is 14.9 Å². The van der Waals surface area contributed by atoms with Gasteiger partial charge in [-0.3, -0.25) is 4.79 Å². The zero-order valence-electron chi connectivity index (χ0n) is 12.6. The lowest BCUT2D eigenvalue weighted by molar-refractivity contribution is -0.114. The maximum atomic E-state index is 11.9. The zero-order valence-corrected chi connectivity index (χ0v) is 14.8. The van der Waals surface area contributed by atoms with E-state index in [1.165, 1.54) is 0 Å². The van der Waals surface area contributed by atoms with Crippen molar-refractivity contribution in [1.29, 1.82) is 0 Å². The molecule has 0 bridgehead atoms. The van der Waals surface area contributed by atoms with E-state index < -0.39 is 0 Å². The minimum atomic E-state index is -0.351. The Morgan fingerprint density at radius 2 is 1.78 bits per heavy atom. The van der Waals surface area contributed by atoms with Crippen molar-refractivity contribution in [2.45, 2.75) is 6.92 Å². The van der Waals surface area contributed by atoms with Gasteiger partial charge < -0.3 is 15.4 Å². The number of carbonyl (C=O) groups is 2. The fraction of sp³-hybridized carbons (Fsp3) is 0.176. The Balaban J connectivity index is 1.87. The molecule has 0 saturated carbocycles. The number of anilines is 2. The summed E-state index contributed by atoms with van der Waals surface area (Å²) < 4.78 is 5.90. The van der Waals surface area contributed by atoms with Gasteiger partial charge in [-0.1, -0.05) is 12.1 Å². The van der Waals surface area contributed by atoms with Crippen LogP contribution in [0.3, 0.4) is 0 Å². The Hall–Kier alpha value is -2.09. The van der Waals surface area contributed by atoms with Crippen LogP contribution in [0.25, 0.3) is 0 Å². The summed E-state index contributed by atoms with van der Waals surface area (Å²) in [6, 6.07) is 14.4. The molecule has 2 N–H and O–H groups in total. The number of esters is 1. The molecule has 0 aliphatic carbocycles. The second kappa shape index (κ2) is 8.52. The lowest BCUT2D eigenvalue weighted by Crippen LogP contribution is -2.22. The lowest BCUT2D eigenvalue weighted by Gasteiger charge is -2.09. The molecule has 0 aromatic heterocycles. The molecule has 6 heteroatoms. The first-order chi connectivity index (χ1) is 11.1. The molecular formula is C17H17IN2O3. The molecule has 120 valence electrons. The Kier molecular flexibility index (Phi) is 6.40. The highest BCUT2D eigenvalue weighted by Crippen LogP contribution is 2.17. The smallest absolute Gasteiger partial charge is 0.338 e. The van der Waals surface area contributed by atoms with Crippen LogP contribution >= 0.6 is 22.6 Å². The van der Waals surface area contributed by atoms with Gasteiger partial charge in [-0.05, 0) is 65.9 Å². The van der Waals surface area contributed by atoms with Gasteiger partial charge in [0.25, 0.3) is 0 Å². The molecule has 0 fully saturated rings. The standard InChI is InChI=1S/C17H17IN2O3/c1-2-23-17(22)12-7-9-13(10-8-12)19-11-16(21)20-15-6-4-3-5-14(15)18/h3-10,19H,2,11H2,1H3,(H,20,21). The van der Waals surface area contributed by atoms with E-state index in [4.69, 9.17) is 4.74 Å². The van der Waals surface area contributed by atoms with Gasteiger partial charge in [0.05, 0.1) is 24.4 Å². The molecule has 0 heterocycles. The molecule has 0 saturated heterocycles. The first kappa shape index (κ1) is 17.3. The summed E-state index contributed by atoms with van der Waals surface area (Å²) in [7, 11) is 0. The van der Waals surface area contributed by atoms with Gasteiger partial charge >= 0.3 is 5.97 Å². The Bertz CT molecular complexity index is 686. The Labute approximate surface area is 148 Å². The van der Waals surface area contributed by atoms with Crippen LogP contribution in [0.15, 0.2) is 48.5 Å². The zero-order chi connectivity index (χ0) is 16.7. The predicted molar refractivity (Wildman–Crippen MR) is 98.7 cm³/mol. The van der Waals surface area contributed by atoms with E-state index in [-0.39, 0.29) is 18.4 Å². The second-order valence-electron chi connectivity index (χ2n) is 4.68. The number of carbonyl (C=O) groups excluding carboxylic acids is 2. The number of halogens is 1. The van der Waals surface area contributed by atoms with Crippen LogP contribution in [0.2, 0.25) is 0 Å². The van der Waals surface area contributed by atoms with Gasteiger partial charge in [0, 0.05) is 9.26 Å². The molecule has 0 spiro atoms. The summed E-state index contributed by atoms with van der Waals surface area (Å²) in [4.78, 5) is 23.5. The van der Waals surface area contributed by atoms with Crippen molar-refractivity contribution in [2.75, 3.05) is 23.8 Å². The predicted octanol–water partition coefficient (Wildman–Crippen LogP) is 3.52. The molecule has 0 atom stereocenters. The third-order valence-corrected chi connectivity index (χ3v) is 3.94. The molecule has 5 nitrogen and oxygen atoms in total. The van der Waals surface area contributed by atoms with Crippen LogP contribution in [0, 0.1) is 3.57 Å². The number of nitrogens with one attached hydrogen (secondary N) is 2. The van der Waals surface area contributed by atoms with Crippen molar-refractivity contribution in [3.63, 3.8) is 0 Å². The maximum absolute atomic E-state index is 11.9. The van der Waals surface area contributed by atoms with Crippen LogP contribution in [0.1, 0.15) is 17.3 Å². The summed E-state index contributed by atoms with van der Waals surface area (Å²) in [6.07, 6.45) is 0. The van der Waals surface area contributed by atoms with E-state index in [9.17, 15) is 9.59 Å². The lowest BCUT2D eigenvalue weighted by atomic mass is 10.2. The SMILES string of the molecule is CCOC(=O)c1ccc(NCC(=O)Nc2ccccc2I)cc1. The number of benzene rings is 2. The quantitative estimate of drug-likeness (QED) is 0.550. The van der Waals surface area contributed by atoms with E-state index >= 15 is 0 Å². The van der Waals surface area contributed by atoms with Crippen molar-refractivity contribution in [3.05, 3.63) is 57.7 Å². The van der Waals surface area contributed by atoms with Crippen LogP contribution in [0.5, 0.6) is 0 Å². The highest BCUT2D eigenvalue weighted by atomic mass is 127. The topological polar surface area (TPSA) is 67.4 Å². The summed E-state index contributed by atoms with van der Waals surface area (Å²) in [5, 5.41) is 5.86. The van der Waals surface area contributed by atoms with E-state index in [1.54, 1.807) is 31.2 Å². The van der Waals surface area contributed by atoms with Crippen molar-refractivity contribution < 1.29 is 14.3 Å². The number of para-hydroxylation sites is 1. The third-order valence-electron chi connectivity index (χ3n) is 3.00. The largest absolute Gasteiger partial charge is 0.462 e. The second-order valence-corrected chi connectivity index (χ2v) is 5.84. The van der Waals surface area contributed by atoms with Crippen LogP contribution < -0.4 is 10.6 Å². The van der Waals surface area contributed by atoms with Gasteiger partial charge in [0.15, 0.2) is 0 Å². The summed E-state index contributed by atoms with van der Waals surface area (Å²) in [5.41, 5.74) is 2.04. The fourth-order valence-electron chi connectivity index (χ4n) is 1.88. The van der Waals surface area contributed by atoms with Gasteiger partial charge in [-0.15, -0.1) is 0 Å². The number of amides is 1. The first-order valence-electron chi connectivity index (χ1n) is 7.15. The molecule has 23 heavy (non-hydrogen) atoms. The minimum absolute atomic E-state index is 0.136. The summed E-state index contributed by atoms with van der Waals surface area (Å²) >= 11 is 2.17. The van der Waals surface area contributed by atoms with Crippen molar-refractivity contribution >= 4 is 45.8 Å². The summed E-state index contributed by atoms with van der Waals surface area (Å²) in [6.45, 7) is 2.25. The highest BCUT2D eigenvalue weighted by Gasteiger charge is 2.07. The van der Waals surface area contributed by atoms with Crippen molar-refractivity contribution in [3.8, 4) is 0 Å². The average Bonchev–Trinajstić information content (AvgIpc) is 2.56. The minimum Gasteiger partial charge on any atom is -0.462 e. The first-order valence-corrected chi connectivity index (χ1v) is 8.23. The third kappa shape index (κ3) is 5.24. The monoisotopic (exact) mass is 424 g/mol. The normalized spacial score (nSPS) is 10.0. The molecule has 2 rings (SSSR count). The molecule has 2 aromatic rings. The fourth-order valence-corrected chi connectivity index (χ4v) is 2.40. The van der Waals surface area contributed by atoms with Crippen molar-refractivity contribution in [1.82, 2.24) is 0 Å². The Morgan fingerprint density at radius 3 is 2.43 bits per heavy atom. The van der Waals surface area contributed by atoms with E-state index in [0.29, 0.717) is 12.2 Å². The molecule has 0 radical (unpaired) electrons. The molecule has 1 amide bonds. The molecule has 0 aliphatic rings. The number of ether oxygens (including phenoxy) is 1. The van der Waals surface area contributed by atoms with Crippen molar-refractivity contribution in [2.24, 2.45) is 0 Å². The molecular weight excluding hydrogens is 407 g/mol. The van der Waals surface area contributed by atoms with Crippen LogP contribution in [-0.2, 0) is 9.53 Å². The molecule has 2 aromatic carbocycles. The van der Waals surface area contributed by atoms with Gasteiger partial charge in [-0.2, -0.15) is 0 Å². The number of hydrogen-bond acceptors (Lipinski definition) is 4.